The van der Waals surface area contributed by atoms with Gasteiger partial charge in [-0.05, 0) is 24.6 Å². The molecule has 2 N–H and O–H groups in total. The zero-order valence-electron chi connectivity index (χ0n) is 9.31. The van der Waals surface area contributed by atoms with Gasteiger partial charge in [-0.3, -0.25) is 0 Å². The van der Waals surface area contributed by atoms with Crippen LogP contribution in [0.4, 0.5) is 0 Å². The van der Waals surface area contributed by atoms with E-state index >= 15 is 0 Å². The number of aliphatic carboxylic acids is 1. The lowest BCUT2D eigenvalue weighted by Gasteiger charge is -2.30. The van der Waals surface area contributed by atoms with Crippen LogP contribution in [0.3, 0.4) is 0 Å². The molecule has 0 fully saturated rings. The summed E-state index contributed by atoms with van der Waals surface area (Å²) in [6.45, 7) is 5.87. The van der Waals surface area contributed by atoms with Gasteiger partial charge in [0.15, 0.2) is 0 Å². The second-order valence-corrected chi connectivity index (χ2v) is 3.70. The van der Waals surface area contributed by atoms with Gasteiger partial charge in [0.1, 0.15) is 0 Å². The zero-order chi connectivity index (χ0) is 11.6. The molecule has 0 rings (SSSR count). The molecule has 1 unspecified atom stereocenters. The van der Waals surface area contributed by atoms with Crippen molar-refractivity contribution in [1.82, 2.24) is 0 Å². The van der Waals surface area contributed by atoms with E-state index in [-0.39, 0.29) is 0 Å². The summed E-state index contributed by atoms with van der Waals surface area (Å²) in [5, 5.41) is 14.8. The molecule has 0 amide bonds. The van der Waals surface area contributed by atoms with Crippen LogP contribution in [-0.2, 0) is 4.79 Å². The highest BCUT2D eigenvalue weighted by Crippen LogP contribution is 2.28. The summed E-state index contributed by atoms with van der Waals surface area (Å²) in [5.41, 5.74) is -0.592. The Balaban J connectivity index is 0. The van der Waals surface area contributed by atoms with Crippen molar-refractivity contribution >= 4 is 17.7 Å². The first kappa shape index (κ1) is 16.2. The molecule has 0 saturated heterocycles. The van der Waals surface area contributed by atoms with Gasteiger partial charge in [-0.1, -0.05) is 40.0 Å². The summed E-state index contributed by atoms with van der Waals surface area (Å²) in [4.78, 5) is 10.8. The summed E-state index contributed by atoms with van der Waals surface area (Å²) in [5.74, 6) is -0.891. The first-order valence-electron chi connectivity index (χ1n) is 5.00. The number of carbonyl (C=O) groups excluding carboxylic acids is 1. The lowest BCUT2D eigenvalue weighted by molar-refractivity contribution is -0.319. The first-order valence-corrected chi connectivity index (χ1v) is 5.43. The number of hydrogen-bond donors (Lipinski definition) is 1. The quantitative estimate of drug-likeness (QED) is 0.698. The molecule has 0 spiro atoms. The molecular formula is C10H21ClNO2-. The lowest BCUT2D eigenvalue weighted by atomic mass is 9.81. The number of halogens is 1. The number of hydrogen-bond acceptors (Lipinski definition) is 3. The monoisotopic (exact) mass is 222 g/mol. The van der Waals surface area contributed by atoms with Gasteiger partial charge < -0.3 is 9.90 Å². The summed E-state index contributed by atoms with van der Waals surface area (Å²) in [6, 6.07) is 0. The van der Waals surface area contributed by atoms with Crippen LogP contribution in [0.2, 0.25) is 0 Å². The maximum absolute atomic E-state index is 10.8. The molecule has 1 atom stereocenters. The Morgan fingerprint density at radius 2 is 1.79 bits per heavy atom. The van der Waals surface area contributed by atoms with Gasteiger partial charge in [-0.15, -0.1) is 0 Å². The van der Waals surface area contributed by atoms with Crippen LogP contribution in [0.25, 0.3) is 0 Å². The topological polar surface area (TPSA) is 66.1 Å². The van der Waals surface area contributed by atoms with Crippen molar-refractivity contribution in [2.45, 2.75) is 52.9 Å². The van der Waals surface area contributed by atoms with Crippen molar-refractivity contribution in [2.24, 2.45) is 10.7 Å². The van der Waals surface area contributed by atoms with E-state index in [1.165, 1.54) is 0 Å². The van der Waals surface area contributed by atoms with Crippen molar-refractivity contribution in [3.05, 3.63) is 0 Å². The molecular weight excluding hydrogens is 202 g/mol. The summed E-state index contributed by atoms with van der Waals surface area (Å²) in [7, 11) is 0. The highest BCUT2D eigenvalue weighted by Gasteiger charge is 2.23. The number of nitrogens with two attached hydrogens (primary N) is 1. The fraction of sp³-hybridized carbons (Fsp3) is 0.900. The van der Waals surface area contributed by atoms with Crippen LogP contribution in [-0.4, -0.2) is 5.97 Å². The molecule has 0 radical (unpaired) electrons. The second kappa shape index (κ2) is 9.28. The lowest BCUT2D eigenvalue weighted by Crippen LogP contribution is -2.40. The third kappa shape index (κ3) is 6.22. The van der Waals surface area contributed by atoms with Gasteiger partial charge in [0.2, 0.25) is 0 Å². The molecule has 14 heavy (non-hydrogen) atoms. The molecule has 86 valence electrons. The molecule has 0 aliphatic rings. The van der Waals surface area contributed by atoms with Gasteiger partial charge in [0.05, 0.1) is 0 Å². The molecule has 0 aromatic carbocycles. The van der Waals surface area contributed by atoms with Gasteiger partial charge >= 0.3 is 0 Å². The van der Waals surface area contributed by atoms with Gasteiger partial charge in [0, 0.05) is 11.4 Å². The Kier molecular flexibility index (Phi) is 10.7. The maximum atomic E-state index is 10.8. The Morgan fingerprint density at radius 3 is 2.07 bits per heavy atom. The Bertz CT molecular complexity index is 153. The number of carboxylic acid groups (broad SMARTS) is 1. The van der Waals surface area contributed by atoms with E-state index < -0.39 is 11.4 Å². The standard InChI is InChI=1S/C10H20O2.ClH2N/c1-4-6-8-10(3,7-5-2)9(11)12;1-2/h4-8H2,1-3H3,(H,11,12);2H2/p-1. The van der Waals surface area contributed by atoms with Crippen LogP contribution in [0.5, 0.6) is 0 Å². The Labute approximate surface area is 91.7 Å². The summed E-state index contributed by atoms with van der Waals surface area (Å²) < 4.78 is 0. The Hall–Kier alpha value is -0.280. The minimum atomic E-state index is -0.891. The molecule has 3 nitrogen and oxygen atoms in total. The molecule has 0 aromatic rings. The molecule has 0 bridgehead atoms. The van der Waals surface area contributed by atoms with Gasteiger partial charge in [-0.2, -0.15) is 0 Å². The van der Waals surface area contributed by atoms with E-state index in [4.69, 9.17) is 0 Å². The molecule has 0 saturated carbocycles. The fourth-order valence-corrected chi connectivity index (χ4v) is 1.45. The molecule has 0 aliphatic carbocycles. The zero-order valence-corrected chi connectivity index (χ0v) is 10.1. The van der Waals surface area contributed by atoms with Crippen LogP contribution in [0.1, 0.15) is 52.9 Å². The van der Waals surface area contributed by atoms with Crippen LogP contribution in [0.15, 0.2) is 0 Å². The van der Waals surface area contributed by atoms with E-state index in [9.17, 15) is 9.90 Å². The SMILES string of the molecule is CCCCC(C)(CCC)C(=O)[O-].NCl. The number of rotatable bonds is 6. The molecule has 4 heteroatoms. The van der Waals surface area contributed by atoms with Crippen molar-refractivity contribution in [3.8, 4) is 0 Å². The van der Waals surface area contributed by atoms with Gasteiger partial charge in [-0.25, -0.2) is 5.25 Å². The summed E-state index contributed by atoms with van der Waals surface area (Å²) >= 11 is 4.14. The second-order valence-electron chi connectivity index (χ2n) is 3.70. The summed E-state index contributed by atoms with van der Waals surface area (Å²) in [6.07, 6.45) is 4.42. The van der Waals surface area contributed by atoms with Crippen LogP contribution < -0.4 is 10.4 Å². The van der Waals surface area contributed by atoms with Crippen molar-refractivity contribution < 1.29 is 9.90 Å². The number of carboxylic acids is 1. The number of unbranched alkanes of at least 4 members (excludes halogenated alkanes) is 1. The highest BCUT2D eigenvalue weighted by atomic mass is 35.5. The maximum Gasteiger partial charge on any atom is 0.0473 e. The minimum Gasteiger partial charge on any atom is -0.550 e. The van der Waals surface area contributed by atoms with E-state index in [0.29, 0.717) is 0 Å². The Morgan fingerprint density at radius 1 is 1.29 bits per heavy atom. The van der Waals surface area contributed by atoms with Crippen molar-refractivity contribution in [2.75, 3.05) is 0 Å². The van der Waals surface area contributed by atoms with Gasteiger partial charge in [0.25, 0.3) is 0 Å². The highest BCUT2D eigenvalue weighted by molar-refractivity contribution is 6.11. The molecule has 0 aromatic heterocycles. The van der Waals surface area contributed by atoms with Crippen LogP contribution >= 0.6 is 11.8 Å². The normalized spacial score (nSPS) is 13.8. The van der Waals surface area contributed by atoms with E-state index in [1.54, 1.807) is 6.92 Å². The fourth-order valence-electron chi connectivity index (χ4n) is 1.45. The minimum absolute atomic E-state index is 0.592. The van der Waals surface area contributed by atoms with Crippen molar-refractivity contribution in [1.29, 1.82) is 0 Å². The third-order valence-electron chi connectivity index (χ3n) is 2.38. The first-order chi connectivity index (χ1) is 6.56. The average molecular weight is 223 g/mol. The third-order valence-corrected chi connectivity index (χ3v) is 2.38. The molecule has 0 aliphatic heterocycles. The predicted octanol–water partition coefficient (Wildman–Crippen LogP) is 1.83. The van der Waals surface area contributed by atoms with Crippen LogP contribution in [0, 0.1) is 5.41 Å². The smallest absolute Gasteiger partial charge is 0.0473 e. The van der Waals surface area contributed by atoms with E-state index in [0.717, 1.165) is 32.1 Å². The number of carbonyl (C=O) groups is 1. The molecule has 0 heterocycles. The predicted molar refractivity (Wildman–Crippen MR) is 57.6 cm³/mol. The largest absolute Gasteiger partial charge is 0.550 e. The van der Waals surface area contributed by atoms with E-state index in [1.807, 2.05) is 6.92 Å². The van der Waals surface area contributed by atoms with Crippen molar-refractivity contribution in [3.63, 3.8) is 0 Å². The average Bonchev–Trinajstić information content (AvgIpc) is 2.18. The van der Waals surface area contributed by atoms with E-state index in [2.05, 4.69) is 24.0 Å².